The van der Waals surface area contributed by atoms with Crippen LogP contribution in [0.3, 0.4) is 0 Å². The summed E-state index contributed by atoms with van der Waals surface area (Å²) in [7, 11) is -2.17. The number of methoxy groups -OCH3 is 1. The van der Waals surface area contributed by atoms with Gasteiger partial charge in [-0.1, -0.05) is 6.08 Å². The van der Waals surface area contributed by atoms with Gasteiger partial charge in [-0.25, -0.2) is 18.1 Å². The molecule has 1 fully saturated rings. The first-order chi connectivity index (χ1) is 9.44. The van der Waals surface area contributed by atoms with Gasteiger partial charge < -0.3 is 4.74 Å². The first-order valence-electron chi connectivity index (χ1n) is 6.05. The molecule has 0 spiro atoms. The molecule has 0 saturated heterocycles. The van der Waals surface area contributed by atoms with Gasteiger partial charge in [-0.15, -0.1) is 17.9 Å². The Balaban J connectivity index is 2.09. The minimum atomic E-state index is -3.70. The number of hydrogen-bond donors (Lipinski definition) is 1. The van der Waals surface area contributed by atoms with Gasteiger partial charge in [0, 0.05) is 12.5 Å². The number of carbonyl (C=O) groups excluding carboxylic acids is 1. The molecule has 1 aromatic heterocycles. The highest BCUT2D eigenvalue weighted by atomic mass is 32.2. The molecule has 0 aliphatic heterocycles. The van der Waals surface area contributed by atoms with Crippen molar-refractivity contribution < 1.29 is 17.9 Å². The van der Waals surface area contributed by atoms with Crippen molar-refractivity contribution in [3.8, 4) is 0 Å². The second-order valence-corrected chi connectivity index (χ2v) is 7.69. The second kappa shape index (κ2) is 5.63. The predicted molar refractivity (Wildman–Crippen MR) is 76.0 cm³/mol. The van der Waals surface area contributed by atoms with E-state index in [1.165, 1.54) is 23.8 Å². The van der Waals surface area contributed by atoms with E-state index in [0.29, 0.717) is 30.9 Å². The molecule has 1 N–H and O–H groups in total. The third-order valence-corrected chi connectivity index (χ3v) is 6.16. The van der Waals surface area contributed by atoms with Gasteiger partial charge in [0.25, 0.3) is 5.91 Å². The Hall–Kier alpha value is -1.25. The second-order valence-electron chi connectivity index (χ2n) is 4.67. The van der Waals surface area contributed by atoms with Crippen molar-refractivity contribution in [3.63, 3.8) is 0 Å². The van der Waals surface area contributed by atoms with E-state index in [9.17, 15) is 13.2 Å². The Kier molecular flexibility index (Phi) is 4.26. The molecule has 8 heteroatoms. The van der Waals surface area contributed by atoms with E-state index in [-0.39, 0.29) is 5.69 Å². The van der Waals surface area contributed by atoms with Crippen LogP contribution in [0, 0.1) is 0 Å². The molecule has 1 aliphatic carbocycles. The Morgan fingerprint density at radius 1 is 1.65 bits per heavy atom. The molecule has 1 aliphatic rings. The van der Waals surface area contributed by atoms with Crippen molar-refractivity contribution in [1.29, 1.82) is 0 Å². The van der Waals surface area contributed by atoms with E-state index in [1.54, 1.807) is 6.08 Å². The molecule has 20 heavy (non-hydrogen) atoms. The lowest BCUT2D eigenvalue weighted by molar-refractivity contribution is 0.0976. The Morgan fingerprint density at radius 2 is 2.35 bits per heavy atom. The third kappa shape index (κ3) is 2.92. The van der Waals surface area contributed by atoms with Crippen molar-refractivity contribution in [3.05, 3.63) is 28.7 Å². The molecule has 6 nitrogen and oxygen atoms in total. The number of carbonyl (C=O) groups is 1. The van der Waals surface area contributed by atoms with Gasteiger partial charge in [-0.05, 0) is 19.3 Å². The quantitative estimate of drug-likeness (QED) is 0.770. The first kappa shape index (κ1) is 15.1. The molecule has 1 aromatic rings. The Bertz CT molecular complexity index is 617. The number of rotatable bonds is 7. The minimum absolute atomic E-state index is 0.0972. The Labute approximate surface area is 121 Å². The van der Waals surface area contributed by atoms with Gasteiger partial charge in [-0.2, -0.15) is 0 Å². The highest BCUT2D eigenvalue weighted by Crippen LogP contribution is 2.46. The van der Waals surface area contributed by atoms with Crippen LogP contribution in [-0.2, 0) is 21.4 Å². The fraction of sp³-hybridized carbons (Fsp3) is 0.500. The average molecular weight is 316 g/mol. The molecular formula is C12H16N2O4S2. The normalized spacial score (nSPS) is 16.6. The van der Waals surface area contributed by atoms with E-state index in [4.69, 9.17) is 4.74 Å². The zero-order valence-electron chi connectivity index (χ0n) is 11.1. The van der Waals surface area contributed by atoms with Crippen molar-refractivity contribution in [2.45, 2.75) is 30.6 Å². The highest BCUT2D eigenvalue weighted by molar-refractivity contribution is 7.91. The predicted octanol–water partition coefficient (Wildman–Crippen LogP) is 1.46. The maximum absolute atomic E-state index is 12.2. The highest BCUT2D eigenvalue weighted by Gasteiger charge is 2.54. The summed E-state index contributed by atoms with van der Waals surface area (Å²) in [5.41, 5.74) is 0.0972. The van der Waals surface area contributed by atoms with Crippen molar-refractivity contribution in [2.24, 2.45) is 0 Å². The number of allylic oxidation sites excluding steroid dienone is 1. The van der Waals surface area contributed by atoms with Gasteiger partial charge in [0.2, 0.25) is 10.0 Å². The fourth-order valence-electron chi connectivity index (χ4n) is 1.87. The van der Waals surface area contributed by atoms with E-state index >= 15 is 0 Å². The summed E-state index contributed by atoms with van der Waals surface area (Å²) in [5.74, 6) is -0.695. The number of thiazole rings is 1. The van der Waals surface area contributed by atoms with Crippen LogP contribution in [0.2, 0.25) is 0 Å². The van der Waals surface area contributed by atoms with Crippen molar-refractivity contribution in [1.82, 2.24) is 9.71 Å². The number of amides is 1. The fourth-order valence-corrected chi connectivity index (χ4v) is 4.16. The molecule has 2 rings (SSSR count). The third-order valence-electron chi connectivity index (χ3n) is 3.17. The van der Waals surface area contributed by atoms with E-state index in [2.05, 4.69) is 16.3 Å². The van der Waals surface area contributed by atoms with Crippen molar-refractivity contribution >= 4 is 27.3 Å². The first-order valence-corrected chi connectivity index (χ1v) is 8.41. The van der Waals surface area contributed by atoms with Gasteiger partial charge in [0.15, 0.2) is 0 Å². The van der Waals surface area contributed by atoms with Crippen LogP contribution in [0.4, 0.5) is 0 Å². The molecule has 0 unspecified atom stereocenters. The molecular weight excluding hydrogens is 300 g/mol. The molecule has 0 atom stereocenters. The van der Waals surface area contributed by atoms with Crippen LogP contribution in [-0.4, -0.2) is 31.2 Å². The summed E-state index contributed by atoms with van der Waals surface area (Å²) in [4.78, 5) is 16.0. The summed E-state index contributed by atoms with van der Waals surface area (Å²) in [6.07, 6.45) is 3.01. The summed E-state index contributed by atoms with van der Waals surface area (Å²) in [5, 5.41) is 2.15. The lowest BCUT2D eigenvalue weighted by Crippen LogP contribution is -2.39. The number of aromatic nitrogens is 1. The van der Waals surface area contributed by atoms with E-state index in [0.717, 1.165) is 0 Å². The summed E-state index contributed by atoms with van der Waals surface area (Å²) < 4.78 is 30.5. The lowest BCUT2D eigenvalue weighted by atomic mass is 10.3. The summed E-state index contributed by atoms with van der Waals surface area (Å²) in [6, 6.07) is 0. The SMILES string of the molecule is C=CCC1(S(=O)(=O)NC(=O)c2csc(COC)n2)CC1. The number of sulfonamides is 1. The zero-order chi connectivity index (χ0) is 14.8. The molecule has 1 saturated carbocycles. The van der Waals surface area contributed by atoms with Gasteiger partial charge >= 0.3 is 0 Å². The lowest BCUT2D eigenvalue weighted by Gasteiger charge is -2.14. The monoisotopic (exact) mass is 316 g/mol. The van der Waals surface area contributed by atoms with E-state index < -0.39 is 20.7 Å². The van der Waals surface area contributed by atoms with Crippen LogP contribution >= 0.6 is 11.3 Å². The molecule has 110 valence electrons. The minimum Gasteiger partial charge on any atom is -0.378 e. The maximum atomic E-state index is 12.2. The van der Waals surface area contributed by atoms with Crippen LogP contribution in [0.5, 0.6) is 0 Å². The summed E-state index contributed by atoms with van der Waals surface area (Å²) in [6.45, 7) is 3.86. The Morgan fingerprint density at radius 3 is 2.90 bits per heavy atom. The van der Waals surface area contributed by atoms with Gasteiger partial charge in [0.05, 0.1) is 11.4 Å². The molecule has 0 bridgehead atoms. The van der Waals surface area contributed by atoms with Crippen LogP contribution in [0.15, 0.2) is 18.0 Å². The molecule has 0 aromatic carbocycles. The smallest absolute Gasteiger partial charge is 0.284 e. The molecule has 1 heterocycles. The molecule has 0 radical (unpaired) electrons. The van der Waals surface area contributed by atoms with E-state index in [1.807, 2.05) is 0 Å². The standard InChI is InChI=1S/C12H16N2O4S2/c1-3-4-12(5-6-12)20(16,17)14-11(15)9-8-19-10(13-9)7-18-2/h3,8H,1,4-7H2,2H3,(H,14,15). The topological polar surface area (TPSA) is 85.4 Å². The van der Waals surface area contributed by atoms with Crippen LogP contribution in [0.1, 0.15) is 34.8 Å². The van der Waals surface area contributed by atoms with Gasteiger partial charge in [-0.3, -0.25) is 4.79 Å². The number of ether oxygens (including phenoxy) is 1. The van der Waals surface area contributed by atoms with Crippen LogP contribution < -0.4 is 4.72 Å². The van der Waals surface area contributed by atoms with Gasteiger partial charge in [0.1, 0.15) is 10.7 Å². The number of nitrogens with zero attached hydrogens (tertiary/aromatic N) is 1. The maximum Gasteiger partial charge on any atom is 0.284 e. The van der Waals surface area contributed by atoms with Crippen molar-refractivity contribution in [2.75, 3.05) is 7.11 Å². The zero-order valence-corrected chi connectivity index (χ0v) is 12.7. The number of hydrogen-bond acceptors (Lipinski definition) is 6. The number of nitrogens with one attached hydrogen (secondary N) is 1. The largest absolute Gasteiger partial charge is 0.378 e. The van der Waals surface area contributed by atoms with Crippen LogP contribution in [0.25, 0.3) is 0 Å². The molecule has 1 amide bonds. The summed E-state index contributed by atoms with van der Waals surface area (Å²) >= 11 is 1.25. The average Bonchev–Trinajstić information content (AvgIpc) is 3.02.